The summed E-state index contributed by atoms with van der Waals surface area (Å²) in [5.74, 6) is -0.373. The van der Waals surface area contributed by atoms with E-state index < -0.39 is 22.0 Å². The van der Waals surface area contributed by atoms with Gasteiger partial charge in [-0.15, -0.1) is 11.3 Å². The van der Waals surface area contributed by atoms with E-state index in [1.165, 1.54) is 11.3 Å². The van der Waals surface area contributed by atoms with E-state index in [4.69, 9.17) is 4.52 Å². The van der Waals surface area contributed by atoms with E-state index in [1.54, 1.807) is 13.0 Å². The van der Waals surface area contributed by atoms with Crippen LogP contribution in [0.4, 0.5) is 0 Å². The van der Waals surface area contributed by atoms with Crippen LogP contribution >= 0.6 is 11.3 Å². The molecule has 1 aromatic carbocycles. The van der Waals surface area contributed by atoms with Crippen LogP contribution in [0.5, 0.6) is 0 Å². The lowest BCUT2D eigenvalue weighted by atomic mass is 10.0. The van der Waals surface area contributed by atoms with Gasteiger partial charge in [-0.3, -0.25) is 4.79 Å². The average molecular weight is 433 g/mol. The van der Waals surface area contributed by atoms with Gasteiger partial charge >= 0.3 is 5.97 Å². The highest BCUT2D eigenvalue weighted by atomic mass is 32.2. The van der Waals surface area contributed by atoms with E-state index >= 15 is 0 Å². The molecule has 1 aliphatic heterocycles. The zero-order valence-corrected chi connectivity index (χ0v) is 17.8. The molecule has 152 valence electrons. The topological polar surface area (TPSA) is 101 Å². The van der Waals surface area contributed by atoms with Gasteiger partial charge in [0.15, 0.2) is 0 Å². The number of nitrogens with zero attached hydrogens (tertiary/aromatic N) is 2. The van der Waals surface area contributed by atoms with Gasteiger partial charge in [0.25, 0.3) is 0 Å². The van der Waals surface area contributed by atoms with Gasteiger partial charge < -0.3 is 9.63 Å². The van der Waals surface area contributed by atoms with Crippen LogP contribution < -0.4 is 0 Å². The Morgan fingerprint density at radius 1 is 1.28 bits per heavy atom. The minimum atomic E-state index is -3.80. The third-order valence-electron chi connectivity index (χ3n) is 5.17. The number of rotatable bonds is 5. The lowest BCUT2D eigenvalue weighted by Crippen LogP contribution is -2.40. The number of sulfonamides is 1. The summed E-state index contributed by atoms with van der Waals surface area (Å²) in [4.78, 5) is 13.2. The fourth-order valence-electron chi connectivity index (χ4n) is 3.71. The summed E-state index contributed by atoms with van der Waals surface area (Å²) in [6.45, 7) is 5.53. The lowest BCUT2D eigenvalue weighted by Gasteiger charge is -2.21. The van der Waals surface area contributed by atoms with E-state index in [9.17, 15) is 18.3 Å². The Kier molecular flexibility index (Phi) is 4.84. The van der Waals surface area contributed by atoms with Gasteiger partial charge in [-0.1, -0.05) is 36.3 Å². The van der Waals surface area contributed by atoms with Gasteiger partial charge in [0.2, 0.25) is 10.0 Å². The highest BCUT2D eigenvalue weighted by Gasteiger charge is 2.43. The SMILES string of the molecule is CCC(C(=O)O)N1Cc2sc(-c3ccc(-c4c(C)noc4C)cc3)cc2S1(=O)=O. The molecule has 0 amide bonds. The van der Waals surface area contributed by atoms with Crippen molar-refractivity contribution < 1.29 is 22.8 Å². The van der Waals surface area contributed by atoms with E-state index in [0.29, 0.717) is 4.88 Å². The number of fused-ring (bicyclic) bond motifs is 1. The molecule has 4 rings (SSSR count). The smallest absolute Gasteiger partial charge is 0.322 e. The molecule has 3 aromatic rings. The van der Waals surface area contributed by atoms with Crippen LogP contribution in [0.15, 0.2) is 39.8 Å². The van der Waals surface area contributed by atoms with Crippen LogP contribution in [0.3, 0.4) is 0 Å². The van der Waals surface area contributed by atoms with Crippen LogP contribution in [0.2, 0.25) is 0 Å². The Labute approximate surface area is 172 Å². The Morgan fingerprint density at radius 2 is 1.93 bits per heavy atom. The number of hydrogen-bond donors (Lipinski definition) is 1. The number of aryl methyl sites for hydroxylation is 2. The quantitative estimate of drug-likeness (QED) is 0.653. The maximum absolute atomic E-state index is 12.9. The van der Waals surface area contributed by atoms with E-state index in [-0.39, 0.29) is 17.9 Å². The fourth-order valence-corrected chi connectivity index (χ4v) is 7.11. The number of thiophene rings is 1. The Hall–Kier alpha value is -2.49. The van der Waals surface area contributed by atoms with Crippen molar-refractivity contribution in [2.24, 2.45) is 0 Å². The molecule has 0 saturated heterocycles. The van der Waals surface area contributed by atoms with Crippen molar-refractivity contribution in [1.29, 1.82) is 0 Å². The second kappa shape index (κ2) is 7.08. The number of aromatic nitrogens is 1. The van der Waals surface area contributed by atoms with Crippen LogP contribution in [0.25, 0.3) is 21.6 Å². The molecule has 0 aliphatic carbocycles. The lowest BCUT2D eigenvalue weighted by molar-refractivity contribution is -0.141. The molecule has 0 radical (unpaired) electrons. The first kappa shape index (κ1) is 19.8. The normalized spacial score (nSPS) is 16.7. The Bertz CT molecular complexity index is 1170. The first-order chi connectivity index (χ1) is 13.7. The van der Waals surface area contributed by atoms with E-state index in [1.807, 2.05) is 38.1 Å². The summed E-state index contributed by atoms with van der Waals surface area (Å²) in [7, 11) is -3.80. The van der Waals surface area contributed by atoms with Crippen LogP contribution in [0.1, 0.15) is 29.7 Å². The largest absolute Gasteiger partial charge is 0.480 e. The first-order valence-electron chi connectivity index (χ1n) is 9.15. The second-order valence-corrected chi connectivity index (χ2v) is 9.98. The summed E-state index contributed by atoms with van der Waals surface area (Å²) >= 11 is 1.39. The first-order valence-corrected chi connectivity index (χ1v) is 11.4. The monoisotopic (exact) mass is 432 g/mol. The third kappa shape index (κ3) is 3.19. The average Bonchev–Trinajstić information content (AvgIpc) is 3.31. The van der Waals surface area contributed by atoms with Crippen LogP contribution in [-0.4, -0.2) is 35.0 Å². The predicted molar refractivity (Wildman–Crippen MR) is 109 cm³/mol. The molecule has 0 bridgehead atoms. The van der Waals surface area contributed by atoms with Gasteiger partial charge in [-0.25, -0.2) is 8.42 Å². The number of hydrogen-bond acceptors (Lipinski definition) is 6. The second-order valence-electron chi connectivity index (χ2n) is 6.99. The van der Waals surface area contributed by atoms with Crippen molar-refractivity contribution in [3.8, 4) is 21.6 Å². The van der Waals surface area contributed by atoms with Crippen molar-refractivity contribution >= 4 is 27.3 Å². The molecule has 1 aliphatic rings. The summed E-state index contributed by atoms with van der Waals surface area (Å²) in [5.41, 5.74) is 3.68. The number of aliphatic carboxylic acids is 1. The molecule has 2 aromatic heterocycles. The molecule has 1 atom stereocenters. The Balaban J connectivity index is 1.65. The molecule has 0 fully saturated rings. The van der Waals surface area contributed by atoms with Crippen molar-refractivity contribution in [3.05, 3.63) is 46.7 Å². The number of benzene rings is 1. The number of carboxylic acids is 1. The molecule has 3 heterocycles. The van der Waals surface area contributed by atoms with Crippen LogP contribution in [0, 0.1) is 13.8 Å². The van der Waals surface area contributed by atoms with Gasteiger partial charge in [-0.2, -0.15) is 4.31 Å². The zero-order valence-electron chi connectivity index (χ0n) is 16.2. The number of carbonyl (C=O) groups is 1. The van der Waals surface area contributed by atoms with Crippen LogP contribution in [-0.2, 0) is 21.4 Å². The molecule has 1 N–H and O–H groups in total. The summed E-state index contributed by atoms with van der Waals surface area (Å²) in [6.07, 6.45) is 0.222. The molecular weight excluding hydrogens is 412 g/mol. The maximum Gasteiger partial charge on any atom is 0.322 e. The van der Waals surface area contributed by atoms with Gasteiger partial charge in [0, 0.05) is 15.3 Å². The molecule has 0 saturated carbocycles. The molecule has 0 spiro atoms. The summed E-state index contributed by atoms with van der Waals surface area (Å²) in [6, 6.07) is 8.42. The van der Waals surface area contributed by atoms with E-state index in [0.717, 1.165) is 37.3 Å². The molecule has 29 heavy (non-hydrogen) atoms. The third-order valence-corrected chi connectivity index (χ3v) is 8.39. The minimum absolute atomic E-state index is 0.101. The minimum Gasteiger partial charge on any atom is -0.480 e. The van der Waals surface area contributed by atoms with Crippen molar-refractivity contribution in [2.75, 3.05) is 0 Å². The Morgan fingerprint density at radius 3 is 2.45 bits per heavy atom. The molecule has 1 unspecified atom stereocenters. The molecule has 7 nitrogen and oxygen atoms in total. The van der Waals surface area contributed by atoms with Crippen molar-refractivity contribution in [2.45, 2.75) is 44.7 Å². The van der Waals surface area contributed by atoms with Gasteiger partial charge in [0.1, 0.15) is 11.8 Å². The van der Waals surface area contributed by atoms with Gasteiger partial charge in [0.05, 0.1) is 17.1 Å². The highest BCUT2D eigenvalue weighted by molar-refractivity contribution is 7.89. The summed E-state index contributed by atoms with van der Waals surface area (Å²) < 4.78 is 32.0. The molecule has 9 heteroatoms. The maximum atomic E-state index is 12.9. The van der Waals surface area contributed by atoms with Crippen molar-refractivity contribution in [1.82, 2.24) is 9.46 Å². The van der Waals surface area contributed by atoms with Gasteiger partial charge in [-0.05, 0) is 37.5 Å². The molecular formula is C20H20N2O5S2. The van der Waals surface area contributed by atoms with Crippen molar-refractivity contribution in [3.63, 3.8) is 0 Å². The standard InChI is InChI=1S/C20H20N2O5S2/c1-4-15(20(23)24)22-10-17-18(29(22,25)26)9-16(28-17)13-5-7-14(8-6-13)19-11(2)21-27-12(19)3/h5-9,15H,4,10H2,1-3H3,(H,23,24). The zero-order chi connectivity index (χ0) is 20.9. The highest BCUT2D eigenvalue weighted by Crippen LogP contribution is 2.42. The fraction of sp³-hybridized carbons (Fsp3) is 0.300. The predicted octanol–water partition coefficient (Wildman–Crippen LogP) is 4.05. The summed E-state index contributed by atoms with van der Waals surface area (Å²) in [5, 5.41) is 13.3. The number of carboxylic acid groups (broad SMARTS) is 1. The van der Waals surface area contributed by atoms with E-state index in [2.05, 4.69) is 5.16 Å².